The number of hydrogen-bond donors (Lipinski definition) is 3. The van der Waals surface area contributed by atoms with Gasteiger partial charge in [-0.3, -0.25) is 13.9 Å². The third-order valence-corrected chi connectivity index (χ3v) is 8.11. The van der Waals surface area contributed by atoms with E-state index in [-0.39, 0.29) is 24.1 Å². The van der Waals surface area contributed by atoms with Crippen molar-refractivity contribution in [3.8, 4) is 0 Å². The van der Waals surface area contributed by atoms with Crippen molar-refractivity contribution in [2.45, 2.75) is 61.1 Å². The van der Waals surface area contributed by atoms with Crippen LogP contribution >= 0.6 is 0 Å². The first-order chi connectivity index (χ1) is 17.8. The van der Waals surface area contributed by atoms with Crippen molar-refractivity contribution in [3.63, 3.8) is 0 Å². The maximum absolute atomic E-state index is 13.6. The van der Waals surface area contributed by atoms with Crippen LogP contribution in [0.3, 0.4) is 0 Å². The lowest BCUT2D eigenvalue weighted by Gasteiger charge is -2.39. The van der Waals surface area contributed by atoms with Gasteiger partial charge in [-0.2, -0.15) is 26.3 Å². The van der Waals surface area contributed by atoms with E-state index in [0.29, 0.717) is 22.5 Å². The van der Waals surface area contributed by atoms with Crippen molar-refractivity contribution in [1.82, 2.24) is 5.32 Å². The standard InChI is InChI=1S/C23H22F7N3O5S/c1-12(20(31)35)32-19(34)11-16-6-2-13-10-14(21(36,22(25,26)27)23(28,29)30)3-9-18(13)33(16)39(37,38)17-7-4-15(24)5-8-17/h3-5,7-10,12,16,36H,2,6,11H2,1H3,(H2,31,35)(H,32,34)/t12-,16+/m1/s1. The molecule has 0 spiro atoms. The lowest BCUT2D eigenvalue weighted by molar-refractivity contribution is -0.376. The van der Waals surface area contributed by atoms with Gasteiger partial charge in [0.1, 0.15) is 11.9 Å². The number of primary amides is 1. The van der Waals surface area contributed by atoms with Gasteiger partial charge in [-0.15, -0.1) is 0 Å². The molecule has 4 N–H and O–H groups in total. The highest BCUT2D eigenvalue weighted by Crippen LogP contribution is 2.51. The molecule has 0 aliphatic carbocycles. The summed E-state index contributed by atoms with van der Waals surface area (Å²) in [6.07, 6.45) is -13.4. The molecule has 214 valence electrons. The second kappa shape index (κ2) is 10.3. The van der Waals surface area contributed by atoms with Crippen LogP contribution in [0.15, 0.2) is 47.4 Å². The Hall–Kier alpha value is -3.40. The molecule has 16 heteroatoms. The van der Waals surface area contributed by atoms with E-state index in [9.17, 15) is 53.8 Å². The van der Waals surface area contributed by atoms with Crippen LogP contribution in [0.1, 0.15) is 30.9 Å². The van der Waals surface area contributed by atoms with Gasteiger partial charge >= 0.3 is 12.4 Å². The second-order valence-corrected chi connectivity index (χ2v) is 10.7. The number of aliphatic hydroxyl groups is 1. The van der Waals surface area contributed by atoms with E-state index in [4.69, 9.17) is 5.73 Å². The monoisotopic (exact) mass is 585 g/mol. The quantitative estimate of drug-likeness (QED) is 0.431. The molecule has 0 saturated heterocycles. The molecule has 1 heterocycles. The number of sulfonamides is 1. The number of halogens is 7. The Balaban J connectivity index is 2.14. The Bertz CT molecular complexity index is 1350. The van der Waals surface area contributed by atoms with Gasteiger partial charge < -0.3 is 16.2 Å². The van der Waals surface area contributed by atoms with E-state index in [2.05, 4.69) is 5.32 Å². The van der Waals surface area contributed by atoms with Gasteiger partial charge in [-0.25, -0.2) is 12.8 Å². The molecule has 2 aromatic carbocycles. The van der Waals surface area contributed by atoms with Crippen LogP contribution in [-0.2, 0) is 31.6 Å². The molecule has 2 amide bonds. The number of fused-ring (bicyclic) bond motifs is 1. The number of anilines is 1. The van der Waals surface area contributed by atoms with Crippen LogP contribution in [0.4, 0.5) is 36.4 Å². The SMILES string of the molecule is C[C@@H](NC(=O)C[C@@H]1CCc2cc(C(O)(C(F)(F)F)C(F)(F)F)ccc2N1S(=O)(=O)c1ccc(F)cc1)C(N)=O. The molecule has 8 nitrogen and oxygen atoms in total. The zero-order valence-electron chi connectivity index (χ0n) is 20.0. The summed E-state index contributed by atoms with van der Waals surface area (Å²) >= 11 is 0. The summed E-state index contributed by atoms with van der Waals surface area (Å²) in [5, 5.41) is 12.0. The van der Waals surface area contributed by atoms with Crippen molar-refractivity contribution in [2.75, 3.05) is 4.31 Å². The predicted molar refractivity (Wildman–Crippen MR) is 122 cm³/mol. The van der Waals surface area contributed by atoms with Crippen LogP contribution in [0.5, 0.6) is 0 Å². The maximum atomic E-state index is 13.6. The summed E-state index contributed by atoms with van der Waals surface area (Å²) in [5.41, 5.74) is -2.34. The average Bonchev–Trinajstić information content (AvgIpc) is 2.81. The van der Waals surface area contributed by atoms with E-state index in [1.165, 1.54) is 6.92 Å². The second-order valence-electron chi connectivity index (χ2n) is 8.89. The van der Waals surface area contributed by atoms with Crippen LogP contribution in [0, 0.1) is 5.82 Å². The van der Waals surface area contributed by atoms with Gasteiger partial charge in [0.2, 0.25) is 11.8 Å². The molecule has 1 aliphatic heterocycles. The van der Waals surface area contributed by atoms with Crippen LogP contribution in [0.2, 0.25) is 0 Å². The molecule has 2 aromatic rings. The summed E-state index contributed by atoms with van der Waals surface area (Å²) in [6.45, 7) is 1.27. The molecule has 0 bridgehead atoms. The number of nitrogens with two attached hydrogens (primary N) is 1. The van der Waals surface area contributed by atoms with Gasteiger partial charge in [-0.05, 0) is 55.7 Å². The first-order valence-electron chi connectivity index (χ1n) is 11.2. The fraction of sp³-hybridized carbons (Fsp3) is 0.391. The minimum absolute atomic E-state index is 0.244. The number of carbonyl (C=O) groups excluding carboxylic acids is 2. The van der Waals surface area contributed by atoms with Gasteiger partial charge in [0.15, 0.2) is 0 Å². The highest BCUT2D eigenvalue weighted by molar-refractivity contribution is 7.92. The van der Waals surface area contributed by atoms with E-state index in [1.54, 1.807) is 0 Å². The number of carbonyl (C=O) groups is 2. The van der Waals surface area contributed by atoms with Crippen molar-refractivity contribution in [1.29, 1.82) is 0 Å². The number of nitrogens with one attached hydrogen (secondary N) is 1. The summed E-state index contributed by atoms with van der Waals surface area (Å²) in [6, 6.07) is 2.48. The molecule has 3 rings (SSSR count). The third-order valence-electron chi connectivity index (χ3n) is 6.23. The largest absolute Gasteiger partial charge is 0.430 e. The number of hydrogen-bond acceptors (Lipinski definition) is 5. The molecule has 2 atom stereocenters. The van der Waals surface area contributed by atoms with E-state index in [0.717, 1.165) is 24.3 Å². The molecular weight excluding hydrogens is 563 g/mol. The van der Waals surface area contributed by atoms with Crippen molar-refractivity contribution >= 4 is 27.5 Å². The smallest absolute Gasteiger partial charge is 0.369 e. The first kappa shape index (κ1) is 30.1. The fourth-order valence-corrected chi connectivity index (χ4v) is 5.88. The summed E-state index contributed by atoms with van der Waals surface area (Å²) in [4.78, 5) is 23.3. The number of amides is 2. The molecular formula is C23H22F7N3O5S. The number of rotatable bonds is 7. The molecule has 1 aliphatic rings. The molecule has 0 fully saturated rings. The Kier molecular flexibility index (Phi) is 7.96. The Morgan fingerprint density at radius 3 is 2.15 bits per heavy atom. The average molecular weight is 585 g/mol. The zero-order valence-corrected chi connectivity index (χ0v) is 20.8. The zero-order chi connectivity index (χ0) is 29.6. The Morgan fingerprint density at radius 2 is 1.64 bits per heavy atom. The van der Waals surface area contributed by atoms with Gasteiger partial charge in [0.05, 0.1) is 16.6 Å². The topological polar surface area (TPSA) is 130 Å². The lowest BCUT2D eigenvalue weighted by Crippen LogP contribution is -2.54. The fourth-order valence-electron chi connectivity index (χ4n) is 4.17. The van der Waals surface area contributed by atoms with Crippen molar-refractivity contribution < 1.29 is 53.8 Å². The number of aryl methyl sites for hydroxylation is 1. The molecule has 0 aromatic heterocycles. The van der Waals surface area contributed by atoms with Gasteiger partial charge in [0.25, 0.3) is 15.6 Å². The Labute approximate surface area is 217 Å². The van der Waals surface area contributed by atoms with Gasteiger partial charge in [-0.1, -0.05) is 12.1 Å². The van der Waals surface area contributed by atoms with Gasteiger partial charge in [0, 0.05) is 12.0 Å². The van der Waals surface area contributed by atoms with E-state index in [1.807, 2.05) is 0 Å². The molecule has 0 unspecified atom stereocenters. The number of alkyl halides is 6. The van der Waals surface area contributed by atoms with Crippen molar-refractivity contribution in [2.24, 2.45) is 5.73 Å². The number of benzene rings is 2. The van der Waals surface area contributed by atoms with Crippen molar-refractivity contribution in [3.05, 3.63) is 59.4 Å². The Morgan fingerprint density at radius 1 is 1.08 bits per heavy atom. The maximum Gasteiger partial charge on any atom is 0.430 e. The molecule has 0 radical (unpaired) electrons. The summed E-state index contributed by atoms with van der Waals surface area (Å²) in [5.74, 6) is -2.48. The van der Waals surface area contributed by atoms with E-state index < -0.39 is 74.6 Å². The van der Waals surface area contributed by atoms with Crippen LogP contribution < -0.4 is 15.4 Å². The van der Waals surface area contributed by atoms with Crippen LogP contribution in [0.25, 0.3) is 0 Å². The highest BCUT2D eigenvalue weighted by atomic mass is 32.2. The minimum atomic E-state index is -6.16. The van der Waals surface area contributed by atoms with Crippen LogP contribution in [-0.4, -0.2) is 49.8 Å². The first-order valence-corrected chi connectivity index (χ1v) is 12.6. The highest BCUT2D eigenvalue weighted by Gasteiger charge is 2.71. The molecule has 0 saturated carbocycles. The molecule has 39 heavy (non-hydrogen) atoms. The third kappa shape index (κ3) is 5.66. The predicted octanol–water partition coefficient (Wildman–Crippen LogP) is 3.03. The summed E-state index contributed by atoms with van der Waals surface area (Å²) < 4.78 is 122. The lowest BCUT2D eigenvalue weighted by atomic mass is 9.87. The normalized spacial score (nSPS) is 17.4. The minimum Gasteiger partial charge on any atom is -0.369 e. The number of nitrogens with zero attached hydrogens (tertiary/aromatic N) is 1. The summed E-state index contributed by atoms with van der Waals surface area (Å²) in [7, 11) is -4.65. The van der Waals surface area contributed by atoms with E-state index >= 15 is 0 Å².